The van der Waals surface area contributed by atoms with Crippen LogP contribution in [0.4, 0.5) is 17.5 Å². The molecule has 9 nitrogen and oxygen atoms in total. The van der Waals surface area contributed by atoms with Crippen LogP contribution in [0.15, 0.2) is 53.7 Å². The molecule has 10 heteroatoms. The maximum Gasteiger partial charge on any atom is 0.229 e. The topological polar surface area (TPSA) is 144 Å². The van der Waals surface area contributed by atoms with Crippen LogP contribution in [0.1, 0.15) is 18.1 Å². The summed E-state index contributed by atoms with van der Waals surface area (Å²) in [6.45, 7) is 1.71. The van der Waals surface area contributed by atoms with Gasteiger partial charge in [-0.15, -0.1) is 0 Å². The molecule has 0 bridgehead atoms. The van der Waals surface area contributed by atoms with Gasteiger partial charge in [0.2, 0.25) is 11.8 Å². The van der Waals surface area contributed by atoms with Crippen LogP contribution >= 0.6 is 0 Å². The number of hydrogen-bond donors (Lipinski definition) is 6. The highest BCUT2D eigenvalue weighted by Gasteiger charge is 2.09. The monoisotopic (exact) mass is 424 g/mol. The average molecular weight is 424 g/mol. The van der Waals surface area contributed by atoms with Crippen molar-refractivity contribution in [3.63, 3.8) is 0 Å². The molecule has 2 heterocycles. The zero-order chi connectivity index (χ0) is 21.5. The van der Waals surface area contributed by atoms with E-state index in [0.717, 1.165) is 0 Å². The number of thiol groups is 1. The Hall–Kier alpha value is -3.68. The molecule has 0 saturated heterocycles. The Morgan fingerprint density at radius 1 is 1.20 bits per heavy atom. The number of aromatic nitrogens is 3. The number of aromatic hydroxyl groups is 1. The van der Waals surface area contributed by atoms with Crippen molar-refractivity contribution in [2.45, 2.75) is 17.9 Å². The van der Waals surface area contributed by atoms with Gasteiger partial charge in [0.25, 0.3) is 0 Å². The highest BCUT2D eigenvalue weighted by molar-refractivity contribution is 7.73. The number of hydrogen-bond acceptors (Lipinski definition) is 9. The Kier molecular flexibility index (Phi) is 6.79. The Balaban J connectivity index is 1.89. The van der Waals surface area contributed by atoms with Gasteiger partial charge in [-0.1, -0.05) is 11.8 Å². The largest absolute Gasteiger partial charge is 0.493 e. The van der Waals surface area contributed by atoms with Crippen molar-refractivity contribution in [3.8, 4) is 17.7 Å². The normalized spacial score (nSPS) is 12.3. The van der Waals surface area contributed by atoms with E-state index in [1.54, 1.807) is 43.5 Å². The molecule has 30 heavy (non-hydrogen) atoms. The first-order chi connectivity index (χ1) is 14.4. The number of nitrogens with one attached hydrogen (secondary N) is 3. The molecule has 0 amide bonds. The summed E-state index contributed by atoms with van der Waals surface area (Å²) in [6.07, 6.45) is 3.00. The molecule has 0 saturated carbocycles. The second-order valence-electron chi connectivity index (χ2n) is 6.30. The van der Waals surface area contributed by atoms with Crippen molar-refractivity contribution in [3.05, 3.63) is 59.9 Å². The fraction of sp³-hybridized carbons (Fsp3) is 0.150. The van der Waals surface area contributed by atoms with E-state index in [0.29, 0.717) is 33.5 Å². The van der Waals surface area contributed by atoms with E-state index >= 15 is 0 Å². The summed E-state index contributed by atoms with van der Waals surface area (Å²) in [5.41, 5.74) is 1.76. The van der Waals surface area contributed by atoms with Crippen LogP contribution in [0.25, 0.3) is 0 Å². The molecule has 0 aliphatic carbocycles. The molecule has 0 aliphatic rings. The van der Waals surface area contributed by atoms with Crippen molar-refractivity contribution < 1.29 is 14.4 Å². The fourth-order valence-electron chi connectivity index (χ4n) is 2.37. The lowest BCUT2D eigenvalue weighted by molar-refractivity contribution is 0.281. The number of nitrogens with zero attached hydrogens (tertiary/aromatic N) is 3. The van der Waals surface area contributed by atoms with Crippen LogP contribution in [0.2, 0.25) is 0 Å². The van der Waals surface area contributed by atoms with Gasteiger partial charge in [0.15, 0.2) is 0 Å². The third kappa shape index (κ3) is 5.66. The highest BCUT2D eigenvalue weighted by Crippen LogP contribution is 2.19. The first-order valence-electron chi connectivity index (χ1n) is 8.91. The van der Waals surface area contributed by atoms with Gasteiger partial charge in [0, 0.05) is 34.5 Å². The van der Waals surface area contributed by atoms with E-state index in [1.165, 1.54) is 12.3 Å². The summed E-state index contributed by atoms with van der Waals surface area (Å²) < 4.78 is 18.5. The smallest absolute Gasteiger partial charge is 0.229 e. The van der Waals surface area contributed by atoms with Crippen LogP contribution in [0, 0.1) is 16.6 Å². The minimum atomic E-state index is -2.14. The lowest BCUT2D eigenvalue weighted by Crippen LogP contribution is -2.21. The zero-order valence-electron chi connectivity index (χ0n) is 16.0. The Bertz CT molecular complexity index is 1160. The minimum absolute atomic E-state index is 0.0926. The van der Waals surface area contributed by atoms with Crippen molar-refractivity contribution in [1.82, 2.24) is 15.0 Å². The van der Waals surface area contributed by atoms with Crippen LogP contribution in [-0.2, 0) is 10.6 Å². The summed E-state index contributed by atoms with van der Waals surface area (Å²) in [7, 11) is -2.14. The molecular formula is C20H20N6O3S. The molecule has 154 valence electrons. The third-order valence-electron chi connectivity index (χ3n) is 3.89. The molecular weight excluding hydrogens is 404 g/mol. The summed E-state index contributed by atoms with van der Waals surface area (Å²) in [6, 6.07) is 9.44. The van der Waals surface area contributed by atoms with Crippen LogP contribution in [-0.4, -0.2) is 42.0 Å². The molecule has 0 fully saturated rings. The molecule has 1 aromatic carbocycles. The number of aliphatic hydroxyl groups excluding tert-OH is 1. The number of rotatable bonds is 6. The standard InChI is InChI=1S/C20H20N6O3S/c1-13(12-27)24-19-15(3-2-14-8-9-22-18(28)10-14)11-23-20(26-19)25-16-4-6-17(7-5-16)30(21)29/h4-11,13,21,27,30H,12H2,1H3,(H,22,28)(H2,23,24,25,26)/t13-/m1/s1. The number of aliphatic hydroxyl groups is 1. The quantitative estimate of drug-likeness (QED) is 0.261. The van der Waals surface area contributed by atoms with Gasteiger partial charge in [-0.2, -0.15) is 4.98 Å². The summed E-state index contributed by atoms with van der Waals surface area (Å²) in [5.74, 6) is 6.50. The van der Waals surface area contributed by atoms with Gasteiger partial charge in [0.05, 0.1) is 29.0 Å². The number of anilines is 3. The maximum atomic E-state index is 11.2. The van der Waals surface area contributed by atoms with Crippen molar-refractivity contribution >= 4 is 28.0 Å². The van der Waals surface area contributed by atoms with E-state index in [-0.39, 0.29) is 18.5 Å². The average Bonchev–Trinajstić information content (AvgIpc) is 2.73. The molecule has 0 spiro atoms. The molecule has 0 aliphatic heterocycles. The zero-order valence-corrected chi connectivity index (χ0v) is 16.9. The Morgan fingerprint density at radius 2 is 1.97 bits per heavy atom. The molecule has 2 aromatic heterocycles. The molecule has 3 rings (SSSR count). The second kappa shape index (κ2) is 9.69. The third-order valence-corrected chi connectivity index (χ3v) is 4.66. The molecule has 0 radical (unpaired) electrons. The predicted molar refractivity (Wildman–Crippen MR) is 114 cm³/mol. The van der Waals surface area contributed by atoms with E-state index < -0.39 is 10.6 Å². The van der Waals surface area contributed by atoms with Gasteiger partial charge in [0.1, 0.15) is 5.82 Å². The van der Waals surface area contributed by atoms with E-state index in [1.807, 2.05) is 0 Å². The van der Waals surface area contributed by atoms with Gasteiger partial charge in [-0.25, -0.2) is 14.2 Å². The van der Waals surface area contributed by atoms with Gasteiger partial charge < -0.3 is 20.8 Å². The van der Waals surface area contributed by atoms with Crippen LogP contribution < -0.4 is 10.6 Å². The Labute approximate surface area is 175 Å². The Morgan fingerprint density at radius 3 is 2.63 bits per heavy atom. The highest BCUT2D eigenvalue weighted by atomic mass is 32.2. The van der Waals surface area contributed by atoms with Crippen molar-refractivity contribution in [1.29, 1.82) is 4.78 Å². The predicted octanol–water partition coefficient (Wildman–Crippen LogP) is 2.12. The number of benzene rings is 1. The number of pyridine rings is 1. The fourth-order valence-corrected chi connectivity index (χ4v) is 2.79. The van der Waals surface area contributed by atoms with E-state index in [9.17, 15) is 14.4 Å². The van der Waals surface area contributed by atoms with Gasteiger partial charge >= 0.3 is 0 Å². The van der Waals surface area contributed by atoms with Gasteiger partial charge in [-0.05, 0) is 37.3 Å². The van der Waals surface area contributed by atoms with Crippen molar-refractivity contribution in [2.75, 3.05) is 17.2 Å². The summed E-state index contributed by atoms with van der Waals surface area (Å²) >= 11 is 0. The van der Waals surface area contributed by atoms with Gasteiger partial charge in [-0.3, -0.25) is 4.78 Å². The van der Waals surface area contributed by atoms with E-state index in [4.69, 9.17) is 4.78 Å². The lowest BCUT2D eigenvalue weighted by Gasteiger charge is -2.14. The maximum absolute atomic E-state index is 11.2. The first-order valence-corrected chi connectivity index (χ1v) is 10.2. The SMILES string of the molecule is C[C@H](CO)Nc1nc(Nc2ccc([SH](=N)=O)cc2)ncc1C#Cc1ccnc(O)c1. The lowest BCUT2D eigenvalue weighted by atomic mass is 10.2. The summed E-state index contributed by atoms with van der Waals surface area (Å²) in [4.78, 5) is 12.9. The first kappa shape index (κ1) is 21.0. The summed E-state index contributed by atoms with van der Waals surface area (Å²) in [5, 5.41) is 25.0. The molecule has 3 aromatic rings. The molecule has 2 atom stereocenters. The molecule has 5 N–H and O–H groups in total. The van der Waals surface area contributed by atoms with Crippen LogP contribution in [0.5, 0.6) is 5.88 Å². The van der Waals surface area contributed by atoms with Crippen molar-refractivity contribution in [2.24, 2.45) is 0 Å². The molecule has 1 unspecified atom stereocenters. The minimum Gasteiger partial charge on any atom is -0.493 e. The van der Waals surface area contributed by atoms with Crippen LogP contribution in [0.3, 0.4) is 0 Å². The second-order valence-corrected chi connectivity index (χ2v) is 7.41. The van der Waals surface area contributed by atoms with E-state index in [2.05, 4.69) is 37.4 Å².